The lowest BCUT2D eigenvalue weighted by atomic mass is 9.96. The predicted molar refractivity (Wildman–Crippen MR) is 79.8 cm³/mol. The molecule has 0 bridgehead atoms. The van der Waals surface area contributed by atoms with Gasteiger partial charge in [0.15, 0.2) is 0 Å². The van der Waals surface area contributed by atoms with Crippen LogP contribution in [0.2, 0.25) is 0 Å². The third-order valence-corrected chi connectivity index (χ3v) is 4.47. The molecule has 2 fully saturated rings. The highest BCUT2D eigenvalue weighted by atomic mass is 16.3. The molecule has 21 heavy (non-hydrogen) atoms. The Bertz CT molecular complexity index is 356. The minimum Gasteiger partial charge on any atom is -0.396 e. The maximum Gasteiger partial charge on any atom is 0.321 e. The van der Waals surface area contributed by atoms with E-state index in [9.17, 15) is 9.59 Å². The molecule has 1 saturated carbocycles. The number of aliphatic hydroxyl groups is 1. The van der Waals surface area contributed by atoms with E-state index in [2.05, 4.69) is 10.6 Å². The van der Waals surface area contributed by atoms with Crippen LogP contribution in [-0.4, -0.2) is 54.2 Å². The van der Waals surface area contributed by atoms with Gasteiger partial charge < -0.3 is 10.4 Å². The first-order valence-corrected chi connectivity index (χ1v) is 8.11. The van der Waals surface area contributed by atoms with Gasteiger partial charge in [-0.15, -0.1) is 0 Å². The molecule has 0 aromatic rings. The first-order valence-electron chi connectivity index (χ1n) is 8.11. The summed E-state index contributed by atoms with van der Waals surface area (Å²) in [5.74, 6) is 0.229. The largest absolute Gasteiger partial charge is 0.396 e. The number of hydrogen-bond donors (Lipinski definition) is 3. The normalized spacial score (nSPS) is 24.0. The molecule has 0 radical (unpaired) electrons. The molecule has 1 saturated heterocycles. The monoisotopic (exact) mass is 297 g/mol. The summed E-state index contributed by atoms with van der Waals surface area (Å²) < 4.78 is 0. The minimum atomic E-state index is -0.363. The van der Waals surface area contributed by atoms with Crippen LogP contribution in [0.15, 0.2) is 0 Å². The van der Waals surface area contributed by atoms with E-state index in [1.165, 1.54) is 6.42 Å². The zero-order valence-electron chi connectivity index (χ0n) is 12.6. The number of amides is 3. The second kappa shape index (κ2) is 8.34. The number of hydrogen-bond acceptors (Lipinski definition) is 4. The molecule has 1 unspecified atom stereocenters. The van der Waals surface area contributed by atoms with Crippen LogP contribution in [0, 0.1) is 5.92 Å². The van der Waals surface area contributed by atoms with Crippen molar-refractivity contribution in [1.29, 1.82) is 0 Å². The van der Waals surface area contributed by atoms with Gasteiger partial charge >= 0.3 is 6.03 Å². The van der Waals surface area contributed by atoms with Gasteiger partial charge in [0, 0.05) is 19.2 Å². The summed E-state index contributed by atoms with van der Waals surface area (Å²) in [6.07, 6.45) is 7.37. The average Bonchev–Trinajstić information content (AvgIpc) is 2.87. The van der Waals surface area contributed by atoms with Crippen molar-refractivity contribution in [2.45, 2.75) is 51.0 Å². The quantitative estimate of drug-likeness (QED) is 0.702. The Morgan fingerprint density at radius 3 is 2.62 bits per heavy atom. The van der Waals surface area contributed by atoms with Gasteiger partial charge in [-0.1, -0.05) is 19.3 Å². The van der Waals surface area contributed by atoms with E-state index in [-0.39, 0.29) is 31.1 Å². The molecule has 3 amide bonds. The van der Waals surface area contributed by atoms with Crippen molar-refractivity contribution in [3.05, 3.63) is 0 Å². The van der Waals surface area contributed by atoms with Gasteiger partial charge in [0.1, 0.15) is 0 Å². The highest BCUT2D eigenvalue weighted by molar-refractivity contribution is 5.95. The minimum absolute atomic E-state index is 0.203. The lowest BCUT2D eigenvalue weighted by molar-refractivity contribution is -0.120. The standard InChI is InChI=1S/C15H27N3O3/c19-9-7-12-6-8-18(10-12)11-14(20)17-15(21)16-13-4-2-1-3-5-13/h12-13,19H,1-11H2,(H2,16,17,20,21). The van der Waals surface area contributed by atoms with E-state index >= 15 is 0 Å². The number of carbonyl (C=O) groups is 2. The van der Waals surface area contributed by atoms with Crippen molar-refractivity contribution in [1.82, 2.24) is 15.5 Å². The van der Waals surface area contributed by atoms with Gasteiger partial charge in [-0.2, -0.15) is 0 Å². The Hall–Kier alpha value is -1.14. The van der Waals surface area contributed by atoms with Gasteiger partial charge in [-0.25, -0.2) is 4.79 Å². The Kier molecular flexibility index (Phi) is 6.45. The summed E-state index contributed by atoms with van der Waals surface area (Å²) in [4.78, 5) is 25.7. The van der Waals surface area contributed by atoms with Crippen LogP contribution in [0.25, 0.3) is 0 Å². The fraction of sp³-hybridized carbons (Fsp3) is 0.867. The van der Waals surface area contributed by atoms with Gasteiger partial charge in [-0.05, 0) is 38.1 Å². The second-order valence-electron chi connectivity index (χ2n) is 6.26. The number of urea groups is 1. The first kappa shape index (κ1) is 16.2. The number of aliphatic hydroxyl groups excluding tert-OH is 1. The van der Waals surface area contributed by atoms with E-state index in [0.717, 1.165) is 51.6 Å². The van der Waals surface area contributed by atoms with E-state index in [1.54, 1.807) is 0 Å². The summed E-state index contributed by atoms with van der Waals surface area (Å²) in [5.41, 5.74) is 0. The number of imide groups is 1. The zero-order valence-corrected chi connectivity index (χ0v) is 12.6. The van der Waals surface area contributed by atoms with Crippen molar-refractivity contribution in [3.8, 4) is 0 Å². The van der Waals surface area contributed by atoms with E-state index < -0.39 is 0 Å². The van der Waals surface area contributed by atoms with E-state index in [0.29, 0.717) is 5.92 Å². The Balaban J connectivity index is 1.63. The van der Waals surface area contributed by atoms with Crippen LogP contribution in [0.1, 0.15) is 44.9 Å². The van der Waals surface area contributed by atoms with Crippen LogP contribution >= 0.6 is 0 Å². The molecule has 120 valence electrons. The molecule has 3 N–H and O–H groups in total. The van der Waals surface area contributed by atoms with Crippen molar-refractivity contribution in [3.63, 3.8) is 0 Å². The molecule has 6 heteroatoms. The smallest absolute Gasteiger partial charge is 0.321 e. The number of rotatable bonds is 5. The maximum absolute atomic E-state index is 11.9. The molecule has 1 aliphatic carbocycles. The Morgan fingerprint density at radius 1 is 1.14 bits per heavy atom. The van der Waals surface area contributed by atoms with Crippen LogP contribution in [0.4, 0.5) is 4.79 Å². The highest BCUT2D eigenvalue weighted by Crippen LogP contribution is 2.18. The summed E-state index contributed by atoms with van der Waals surface area (Å²) in [6.45, 7) is 2.16. The lowest BCUT2D eigenvalue weighted by Gasteiger charge is -2.23. The fourth-order valence-electron chi connectivity index (χ4n) is 3.31. The number of likely N-dealkylation sites (tertiary alicyclic amines) is 1. The third-order valence-electron chi connectivity index (χ3n) is 4.47. The van der Waals surface area contributed by atoms with Gasteiger partial charge in [0.25, 0.3) is 0 Å². The van der Waals surface area contributed by atoms with E-state index in [4.69, 9.17) is 5.11 Å². The Labute approximate surface area is 126 Å². The predicted octanol–water partition coefficient (Wildman–Crippen LogP) is 0.849. The maximum atomic E-state index is 11.9. The topological polar surface area (TPSA) is 81.7 Å². The van der Waals surface area contributed by atoms with Crippen molar-refractivity contribution < 1.29 is 14.7 Å². The van der Waals surface area contributed by atoms with Gasteiger partial charge in [-0.3, -0.25) is 15.0 Å². The van der Waals surface area contributed by atoms with Crippen molar-refractivity contribution >= 4 is 11.9 Å². The molecule has 1 aliphatic heterocycles. The summed E-state index contributed by atoms with van der Waals surface area (Å²) in [5, 5.41) is 14.2. The van der Waals surface area contributed by atoms with Gasteiger partial charge in [0.05, 0.1) is 6.54 Å². The van der Waals surface area contributed by atoms with Crippen LogP contribution < -0.4 is 10.6 Å². The summed E-state index contributed by atoms with van der Waals surface area (Å²) in [6, 6.07) is -0.148. The molecule has 1 atom stereocenters. The first-order chi connectivity index (χ1) is 10.2. The molecule has 0 aromatic carbocycles. The van der Waals surface area contributed by atoms with Crippen LogP contribution in [0.3, 0.4) is 0 Å². The molecule has 0 aromatic heterocycles. The molecular weight excluding hydrogens is 270 g/mol. The number of carbonyl (C=O) groups excluding carboxylic acids is 2. The number of nitrogens with one attached hydrogen (secondary N) is 2. The summed E-state index contributed by atoms with van der Waals surface area (Å²) >= 11 is 0. The molecule has 6 nitrogen and oxygen atoms in total. The average molecular weight is 297 g/mol. The fourth-order valence-corrected chi connectivity index (χ4v) is 3.31. The molecule has 1 heterocycles. The lowest BCUT2D eigenvalue weighted by Crippen LogP contribution is -2.47. The third kappa shape index (κ3) is 5.63. The van der Waals surface area contributed by atoms with Crippen molar-refractivity contribution in [2.24, 2.45) is 5.92 Å². The molecule has 0 spiro atoms. The highest BCUT2D eigenvalue weighted by Gasteiger charge is 2.24. The zero-order chi connectivity index (χ0) is 15.1. The van der Waals surface area contributed by atoms with Crippen LogP contribution in [-0.2, 0) is 4.79 Å². The molecule has 2 aliphatic rings. The van der Waals surface area contributed by atoms with Gasteiger partial charge in [0.2, 0.25) is 5.91 Å². The van der Waals surface area contributed by atoms with Crippen LogP contribution in [0.5, 0.6) is 0 Å². The molecular formula is C15H27N3O3. The van der Waals surface area contributed by atoms with E-state index in [1.807, 2.05) is 4.90 Å². The molecule has 2 rings (SSSR count). The number of nitrogens with zero attached hydrogens (tertiary/aromatic N) is 1. The Morgan fingerprint density at radius 2 is 1.90 bits per heavy atom. The summed E-state index contributed by atoms with van der Waals surface area (Å²) in [7, 11) is 0. The second-order valence-corrected chi connectivity index (χ2v) is 6.26. The SMILES string of the molecule is O=C(CN1CCC(CCO)C1)NC(=O)NC1CCCCC1. The van der Waals surface area contributed by atoms with Crippen molar-refractivity contribution in [2.75, 3.05) is 26.2 Å².